The fourth-order valence-electron chi connectivity index (χ4n) is 3.71. The molecule has 1 fully saturated rings. The van der Waals surface area contributed by atoms with Gasteiger partial charge >= 0.3 is 0 Å². The number of nitrogens with two attached hydrogens (primary N) is 1. The molecule has 2 N–H and O–H groups in total. The molecule has 0 aliphatic carbocycles. The third kappa shape index (κ3) is 2.26. The van der Waals surface area contributed by atoms with Crippen molar-refractivity contribution in [2.75, 3.05) is 24.6 Å². The molecule has 1 aromatic carbocycles. The minimum absolute atomic E-state index is 0.0915. The quantitative estimate of drug-likeness (QED) is 0.887. The molecular formula is C16H24N2O. The number of hydrogen-bond donors (Lipinski definition) is 1. The highest BCUT2D eigenvalue weighted by Crippen LogP contribution is 2.38. The molecule has 0 saturated carbocycles. The molecule has 2 aliphatic rings. The van der Waals surface area contributed by atoms with E-state index in [0.29, 0.717) is 6.10 Å². The summed E-state index contributed by atoms with van der Waals surface area (Å²) in [5.74, 6) is 0. The number of anilines is 1. The van der Waals surface area contributed by atoms with Crippen molar-refractivity contribution in [1.29, 1.82) is 0 Å². The van der Waals surface area contributed by atoms with E-state index < -0.39 is 0 Å². The van der Waals surface area contributed by atoms with E-state index in [0.717, 1.165) is 32.5 Å². The SMILES string of the molecule is CC1CC(CN)(N2CCCc3ccccc32)CCO1. The molecule has 2 atom stereocenters. The van der Waals surface area contributed by atoms with Gasteiger partial charge in [0.05, 0.1) is 11.6 Å². The Hall–Kier alpha value is -1.06. The molecule has 0 radical (unpaired) electrons. The van der Waals surface area contributed by atoms with Crippen molar-refractivity contribution >= 4 is 5.69 Å². The Balaban J connectivity index is 1.96. The molecule has 1 aromatic rings. The lowest BCUT2D eigenvalue weighted by atomic mass is 9.82. The molecule has 1 saturated heterocycles. The molecule has 2 heterocycles. The van der Waals surface area contributed by atoms with Crippen LogP contribution in [-0.2, 0) is 11.2 Å². The number of nitrogens with zero attached hydrogens (tertiary/aromatic N) is 1. The van der Waals surface area contributed by atoms with E-state index in [2.05, 4.69) is 36.1 Å². The molecule has 104 valence electrons. The Kier molecular flexibility index (Phi) is 3.50. The van der Waals surface area contributed by atoms with Crippen LogP contribution in [0.3, 0.4) is 0 Å². The predicted octanol–water partition coefficient (Wildman–Crippen LogP) is 2.34. The van der Waals surface area contributed by atoms with Gasteiger partial charge in [0.15, 0.2) is 0 Å². The first-order valence-electron chi connectivity index (χ1n) is 7.42. The van der Waals surface area contributed by atoms with Gasteiger partial charge < -0.3 is 15.4 Å². The van der Waals surface area contributed by atoms with Crippen molar-refractivity contribution in [3.8, 4) is 0 Å². The van der Waals surface area contributed by atoms with E-state index in [1.807, 2.05) is 0 Å². The van der Waals surface area contributed by atoms with Crippen LogP contribution < -0.4 is 10.6 Å². The first-order valence-corrected chi connectivity index (χ1v) is 7.42. The summed E-state index contributed by atoms with van der Waals surface area (Å²) in [6.07, 6.45) is 4.82. The summed E-state index contributed by atoms with van der Waals surface area (Å²) in [5, 5.41) is 0. The first kappa shape index (κ1) is 12.9. The number of benzene rings is 1. The molecule has 3 nitrogen and oxygen atoms in total. The number of aryl methyl sites for hydroxylation is 1. The van der Waals surface area contributed by atoms with Crippen molar-refractivity contribution < 1.29 is 4.74 Å². The fraction of sp³-hybridized carbons (Fsp3) is 0.625. The average Bonchev–Trinajstić information content (AvgIpc) is 2.46. The Morgan fingerprint density at radius 2 is 2.26 bits per heavy atom. The highest BCUT2D eigenvalue weighted by molar-refractivity contribution is 5.57. The minimum atomic E-state index is 0.0915. The van der Waals surface area contributed by atoms with Gasteiger partial charge in [-0.1, -0.05) is 18.2 Å². The molecule has 19 heavy (non-hydrogen) atoms. The van der Waals surface area contributed by atoms with Gasteiger partial charge in [0.2, 0.25) is 0 Å². The van der Waals surface area contributed by atoms with Crippen LogP contribution in [0.4, 0.5) is 5.69 Å². The summed E-state index contributed by atoms with van der Waals surface area (Å²) in [4.78, 5) is 2.57. The van der Waals surface area contributed by atoms with Gasteiger partial charge in [-0.15, -0.1) is 0 Å². The smallest absolute Gasteiger partial charge is 0.0570 e. The summed E-state index contributed by atoms with van der Waals surface area (Å²) in [5.41, 5.74) is 9.15. The van der Waals surface area contributed by atoms with Crippen molar-refractivity contribution in [3.05, 3.63) is 29.8 Å². The average molecular weight is 260 g/mol. The van der Waals surface area contributed by atoms with Crippen LogP contribution in [0.25, 0.3) is 0 Å². The topological polar surface area (TPSA) is 38.5 Å². The summed E-state index contributed by atoms with van der Waals surface area (Å²) >= 11 is 0. The Morgan fingerprint density at radius 1 is 1.42 bits per heavy atom. The third-order valence-corrected chi connectivity index (χ3v) is 4.70. The maximum atomic E-state index is 6.19. The second-order valence-corrected chi connectivity index (χ2v) is 5.95. The molecule has 0 aromatic heterocycles. The normalized spacial score (nSPS) is 31.1. The molecule has 0 bridgehead atoms. The maximum Gasteiger partial charge on any atom is 0.0570 e. The second-order valence-electron chi connectivity index (χ2n) is 5.95. The molecular weight excluding hydrogens is 236 g/mol. The van der Waals surface area contributed by atoms with Crippen molar-refractivity contribution in [1.82, 2.24) is 0 Å². The third-order valence-electron chi connectivity index (χ3n) is 4.70. The van der Waals surface area contributed by atoms with E-state index in [4.69, 9.17) is 10.5 Å². The number of ether oxygens (including phenoxy) is 1. The van der Waals surface area contributed by atoms with Crippen molar-refractivity contribution in [2.24, 2.45) is 5.73 Å². The van der Waals surface area contributed by atoms with E-state index in [-0.39, 0.29) is 5.54 Å². The highest BCUT2D eigenvalue weighted by atomic mass is 16.5. The Labute approximate surface area is 115 Å². The van der Waals surface area contributed by atoms with E-state index >= 15 is 0 Å². The van der Waals surface area contributed by atoms with Gasteiger partial charge in [-0.25, -0.2) is 0 Å². The summed E-state index contributed by atoms with van der Waals surface area (Å²) in [7, 11) is 0. The van der Waals surface area contributed by atoms with E-state index in [1.165, 1.54) is 24.1 Å². The zero-order valence-electron chi connectivity index (χ0n) is 11.8. The standard InChI is InChI=1S/C16H24N2O/c1-13-11-16(12-17,8-10-19-13)18-9-4-6-14-5-2-3-7-15(14)18/h2-3,5,7,13H,4,6,8-12,17H2,1H3. The van der Waals surface area contributed by atoms with Crippen molar-refractivity contribution in [2.45, 2.75) is 44.2 Å². The molecule has 3 rings (SSSR count). The first-order chi connectivity index (χ1) is 9.25. The summed E-state index contributed by atoms with van der Waals surface area (Å²) < 4.78 is 5.73. The largest absolute Gasteiger partial charge is 0.378 e. The van der Waals surface area contributed by atoms with Crippen LogP contribution >= 0.6 is 0 Å². The molecule has 2 unspecified atom stereocenters. The number of hydrogen-bond acceptors (Lipinski definition) is 3. The molecule has 0 amide bonds. The molecule has 0 spiro atoms. The van der Waals surface area contributed by atoms with E-state index in [9.17, 15) is 0 Å². The lowest BCUT2D eigenvalue weighted by molar-refractivity contribution is -0.00794. The van der Waals surface area contributed by atoms with Crippen LogP contribution in [0.15, 0.2) is 24.3 Å². The number of fused-ring (bicyclic) bond motifs is 1. The second kappa shape index (κ2) is 5.14. The summed E-state index contributed by atoms with van der Waals surface area (Å²) in [6.45, 7) is 4.84. The Morgan fingerprint density at radius 3 is 3.05 bits per heavy atom. The van der Waals surface area contributed by atoms with Crippen LogP contribution in [0.1, 0.15) is 31.7 Å². The zero-order chi connectivity index (χ0) is 13.3. The van der Waals surface area contributed by atoms with Crippen LogP contribution in [-0.4, -0.2) is 31.3 Å². The van der Waals surface area contributed by atoms with Gasteiger partial charge in [0, 0.05) is 25.4 Å². The van der Waals surface area contributed by atoms with Gasteiger partial charge in [-0.2, -0.15) is 0 Å². The fourth-order valence-corrected chi connectivity index (χ4v) is 3.71. The van der Waals surface area contributed by atoms with E-state index in [1.54, 1.807) is 0 Å². The van der Waals surface area contributed by atoms with Crippen LogP contribution in [0.2, 0.25) is 0 Å². The molecule has 3 heteroatoms. The predicted molar refractivity (Wildman–Crippen MR) is 78.5 cm³/mol. The van der Waals surface area contributed by atoms with Crippen molar-refractivity contribution in [3.63, 3.8) is 0 Å². The van der Waals surface area contributed by atoms with Crippen LogP contribution in [0, 0.1) is 0 Å². The molecule has 2 aliphatic heterocycles. The lowest BCUT2D eigenvalue weighted by Crippen LogP contribution is -2.59. The Bertz CT molecular complexity index is 448. The van der Waals surface area contributed by atoms with Gasteiger partial charge in [0.1, 0.15) is 0 Å². The zero-order valence-corrected chi connectivity index (χ0v) is 11.8. The monoisotopic (exact) mass is 260 g/mol. The summed E-state index contributed by atoms with van der Waals surface area (Å²) in [6, 6.07) is 8.80. The van der Waals surface area contributed by atoms with Gasteiger partial charge in [-0.3, -0.25) is 0 Å². The lowest BCUT2D eigenvalue weighted by Gasteiger charge is -2.50. The number of rotatable bonds is 2. The highest BCUT2D eigenvalue weighted by Gasteiger charge is 2.41. The van der Waals surface area contributed by atoms with Gasteiger partial charge in [0.25, 0.3) is 0 Å². The number of para-hydroxylation sites is 1. The van der Waals surface area contributed by atoms with Crippen LogP contribution in [0.5, 0.6) is 0 Å². The maximum absolute atomic E-state index is 6.19. The van der Waals surface area contributed by atoms with Gasteiger partial charge in [-0.05, 0) is 44.2 Å². The minimum Gasteiger partial charge on any atom is -0.378 e.